The van der Waals surface area contributed by atoms with Gasteiger partial charge in [-0.1, -0.05) is 0 Å². The number of nitrogens with one attached hydrogen (secondary N) is 1. The Morgan fingerprint density at radius 1 is 1.62 bits per heavy atom. The minimum absolute atomic E-state index is 0.682. The average molecular weight is 117 g/mol. The lowest BCUT2D eigenvalue weighted by atomic mass is 10.9. The lowest BCUT2D eigenvalue weighted by molar-refractivity contribution is 0.124. The van der Waals surface area contributed by atoms with Crippen molar-refractivity contribution < 1.29 is 9.57 Å². The molecule has 0 aliphatic rings. The van der Waals surface area contributed by atoms with E-state index in [1.807, 2.05) is 6.92 Å². The Bertz CT molecular complexity index is 55.4. The van der Waals surface area contributed by atoms with Crippen molar-refractivity contribution in [3.05, 3.63) is 12.5 Å². The second-order valence-electron chi connectivity index (χ2n) is 1.08. The van der Waals surface area contributed by atoms with Crippen LogP contribution in [0.4, 0.5) is 0 Å². The molecule has 0 unspecified atom stereocenters. The molecule has 3 nitrogen and oxygen atoms in total. The number of hydrogen-bond acceptors (Lipinski definition) is 3. The highest BCUT2D eigenvalue weighted by atomic mass is 16.6. The van der Waals surface area contributed by atoms with E-state index in [-0.39, 0.29) is 0 Å². The second kappa shape index (κ2) is 6.30. The van der Waals surface area contributed by atoms with Crippen molar-refractivity contribution in [3.63, 3.8) is 0 Å². The predicted octanol–water partition coefficient (Wildman–Crippen LogP) is 0.645. The van der Waals surface area contributed by atoms with E-state index in [2.05, 4.69) is 10.3 Å². The Kier molecular flexibility index (Phi) is 5.75. The molecule has 8 heavy (non-hydrogen) atoms. The van der Waals surface area contributed by atoms with E-state index >= 15 is 0 Å². The first kappa shape index (κ1) is 7.30. The zero-order valence-electron chi connectivity index (χ0n) is 5.18. The summed E-state index contributed by atoms with van der Waals surface area (Å²) in [7, 11) is 1.54. The van der Waals surface area contributed by atoms with Gasteiger partial charge in [0.1, 0.15) is 6.26 Å². The lowest BCUT2D eigenvalue weighted by Gasteiger charge is -1.93. The Labute approximate surface area is 49.2 Å². The molecule has 0 aromatic rings. The first-order chi connectivity index (χ1) is 3.91. The zero-order chi connectivity index (χ0) is 6.24. The van der Waals surface area contributed by atoms with Crippen LogP contribution in [0.1, 0.15) is 6.92 Å². The standard InChI is InChI=1S/C5H11NO2/c1-3-8-5-4-6-7-2/h4-6H,3H2,1-2H3/b5-4+. The Morgan fingerprint density at radius 3 is 2.88 bits per heavy atom. The molecule has 0 aromatic carbocycles. The van der Waals surface area contributed by atoms with E-state index < -0.39 is 0 Å². The highest BCUT2D eigenvalue weighted by Crippen LogP contribution is 1.71. The van der Waals surface area contributed by atoms with Gasteiger partial charge in [-0.25, -0.2) is 0 Å². The summed E-state index contributed by atoms with van der Waals surface area (Å²) in [5.74, 6) is 0. The summed E-state index contributed by atoms with van der Waals surface area (Å²) >= 11 is 0. The van der Waals surface area contributed by atoms with E-state index in [1.165, 1.54) is 13.4 Å². The summed E-state index contributed by atoms with van der Waals surface area (Å²) in [6, 6.07) is 0. The predicted molar refractivity (Wildman–Crippen MR) is 30.9 cm³/mol. The fraction of sp³-hybridized carbons (Fsp3) is 0.600. The quantitative estimate of drug-likeness (QED) is 0.433. The molecule has 0 saturated heterocycles. The molecule has 0 fully saturated rings. The summed E-state index contributed by atoms with van der Waals surface area (Å²) in [5, 5.41) is 0. The van der Waals surface area contributed by atoms with E-state index in [0.717, 1.165) is 0 Å². The van der Waals surface area contributed by atoms with Gasteiger partial charge in [-0.15, -0.1) is 0 Å². The molecule has 0 aliphatic heterocycles. The van der Waals surface area contributed by atoms with Gasteiger partial charge in [0, 0.05) is 0 Å². The van der Waals surface area contributed by atoms with Gasteiger partial charge >= 0.3 is 0 Å². The molecule has 0 spiro atoms. The average Bonchev–Trinajstić information content (AvgIpc) is 1.81. The molecule has 0 atom stereocenters. The maximum Gasteiger partial charge on any atom is 0.101 e. The summed E-state index contributed by atoms with van der Waals surface area (Å²) in [6.45, 7) is 2.60. The van der Waals surface area contributed by atoms with Crippen molar-refractivity contribution in [1.29, 1.82) is 0 Å². The molecule has 0 bridgehead atoms. The van der Waals surface area contributed by atoms with Crippen LogP contribution in [0.15, 0.2) is 12.5 Å². The van der Waals surface area contributed by atoms with E-state index in [1.54, 1.807) is 6.20 Å². The van der Waals surface area contributed by atoms with Gasteiger partial charge in [0.2, 0.25) is 0 Å². The highest BCUT2D eigenvalue weighted by Gasteiger charge is 1.66. The molecule has 0 rings (SSSR count). The van der Waals surface area contributed by atoms with Gasteiger partial charge in [-0.3, -0.25) is 10.3 Å². The molecule has 0 aliphatic carbocycles. The van der Waals surface area contributed by atoms with Crippen LogP contribution in [0.25, 0.3) is 0 Å². The van der Waals surface area contributed by atoms with Gasteiger partial charge in [0.05, 0.1) is 19.9 Å². The van der Waals surface area contributed by atoms with Crippen LogP contribution in [0.3, 0.4) is 0 Å². The van der Waals surface area contributed by atoms with Crippen LogP contribution in [-0.4, -0.2) is 13.7 Å². The van der Waals surface area contributed by atoms with Crippen molar-refractivity contribution in [2.45, 2.75) is 6.92 Å². The molecule has 0 radical (unpaired) electrons. The molecular weight excluding hydrogens is 106 g/mol. The molecule has 0 amide bonds. The van der Waals surface area contributed by atoms with E-state index in [0.29, 0.717) is 6.61 Å². The molecule has 3 heteroatoms. The smallest absolute Gasteiger partial charge is 0.101 e. The third-order valence-electron chi connectivity index (χ3n) is 0.517. The van der Waals surface area contributed by atoms with Crippen LogP contribution in [0.5, 0.6) is 0 Å². The first-order valence-electron chi connectivity index (χ1n) is 2.47. The fourth-order valence-electron chi connectivity index (χ4n) is 0.240. The normalized spacial score (nSPS) is 9.75. The number of ether oxygens (including phenoxy) is 1. The molecule has 0 aromatic heterocycles. The summed E-state index contributed by atoms with van der Waals surface area (Å²) < 4.78 is 4.81. The molecular formula is C5H11NO2. The van der Waals surface area contributed by atoms with Crippen molar-refractivity contribution in [3.8, 4) is 0 Å². The van der Waals surface area contributed by atoms with Gasteiger partial charge in [-0.05, 0) is 6.92 Å². The van der Waals surface area contributed by atoms with Crippen LogP contribution in [0.2, 0.25) is 0 Å². The van der Waals surface area contributed by atoms with Crippen molar-refractivity contribution >= 4 is 0 Å². The Balaban J connectivity index is 2.83. The SMILES string of the molecule is CCO/C=C/NOC. The lowest BCUT2D eigenvalue weighted by Crippen LogP contribution is -2.00. The van der Waals surface area contributed by atoms with E-state index in [9.17, 15) is 0 Å². The largest absolute Gasteiger partial charge is 0.500 e. The van der Waals surface area contributed by atoms with Crippen LogP contribution >= 0.6 is 0 Å². The van der Waals surface area contributed by atoms with Crippen molar-refractivity contribution in [1.82, 2.24) is 5.48 Å². The highest BCUT2D eigenvalue weighted by molar-refractivity contribution is 4.64. The van der Waals surface area contributed by atoms with Crippen molar-refractivity contribution in [2.24, 2.45) is 0 Å². The summed E-state index contributed by atoms with van der Waals surface area (Å²) in [4.78, 5) is 4.47. The molecule has 0 heterocycles. The minimum atomic E-state index is 0.682. The minimum Gasteiger partial charge on any atom is -0.500 e. The first-order valence-corrected chi connectivity index (χ1v) is 2.47. The maximum absolute atomic E-state index is 4.81. The number of rotatable bonds is 4. The molecule has 48 valence electrons. The van der Waals surface area contributed by atoms with Crippen LogP contribution in [-0.2, 0) is 9.57 Å². The number of hydrogen-bond donors (Lipinski definition) is 1. The monoisotopic (exact) mass is 117 g/mol. The van der Waals surface area contributed by atoms with Crippen LogP contribution < -0.4 is 5.48 Å². The Morgan fingerprint density at radius 2 is 2.38 bits per heavy atom. The number of hydroxylamine groups is 1. The van der Waals surface area contributed by atoms with Crippen LogP contribution in [0, 0.1) is 0 Å². The van der Waals surface area contributed by atoms with Gasteiger partial charge in [-0.2, -0.15) is 0 Å². The van der Waals surface area contributed by atoms with Gasteiger partial charge < -0.3 is 4.74 Å². The summed E-state index contributed by atoms with van der Waals surface area (Å²) in [5.41, 5.74) is 2.48. The van der Waals surface area contributed by atoms with E-state index in [4.69, 9.17) is 4.74 Å². The van der Waals surface area contributed by atoms with Gasteiger partial charge in [0.25, 0.3) is 0 Å². The fourth-order valence-corrected chi connectivity index (χ4v) is 0.240. The van der Waals surface area contributed by atoms with Gasteiger partial charge in [0.15, 0.2) is 0 Å². The molecule has 0 saturated carbocycles. The Hall–Kier alpha value is -0.700. The van der Waals surface area contributed by atoms with Crippen molar-refractivity contribution in [2.75, 3.05) is 13.7 Å². The second-order valence-corrected chi connectivity index (χ2v) is 1.08. The topological polar surface area (TPSA) is 30.5 Å². The third kappa shape index (κ3) is 5.30. The maximum atomic E-state index is 4.81. The summed E-state index contributed by atoms with van der Waals surface area (Å²) in [6.07, 6.45) is 3.10. The zero-order valence-corrected chi connectivity index (χ0v) is 5.18. The third-order valence-corrected chi connectivity index (χ3v) is 0.517. The molecule has 1 N–H and O–H groups in total.